The fraction of sp³-hybridized carbons (Fsp3) is 0.231. The second-order valence-corrected chi connectivity index (χ2v) is 5.43. The van der Waals surface area contributed by atoms with Crippen LogP contribution in [0, 0.1) is 13.8 Å². The lowest BCUT2D eigenvalue weighted by atomic mass is 10.0. The van der Waals surface area contributed by atoms with Crippen LogP contribution in [0.2, 0.25) is 5.02 Å². The van der Waals surface area contributed by atoms with Crippen molar-refractivity contribution in [1.82, 2.24) is 5.43 Å². The maximum Gasteiger partial charge on any atom is 0.0805 e. The average molecular weight is 267 g/mol. The third kappa shape index (κ3) is 2.53. The van der Waals surface area contributed by atoms with Crippen molar-refractivity contribution >= 4 is 22.9 Å². The van der Waals surface area contributed by atoms with E-state index in [1.807, 2.05) is 19.1 Å². The number of nitrogens with one attached hydrogen (secondary N) is 1. The topological polar surface area (TPSA) is 38.0 Å². The van der Waals surface area contributed by atoms with Crippen molar-refractivity contribution in [2.24, 2.45) is 5.84 Å². The van der Waals surface area contributed by atoms with E-state index in [-0.39, 0.29) is 6.04 Å². The molecule has 0 saturated carbocycles. The van der Waals surface area contributed by atoms with Gasteiger partial charge in [-0.1, -0.05) is 23.7 Å². The fourth-order valence-corrected chi connectivity index (χ4v) is 2.99. The van der Waals surface area contributed by atoms with Crippen LogP contribution < -0.4 is 11.3 Å². The summed E-state index contributed by atoms with van der Waals surface area (Å²) in [4.78, 5) is 1.23. The minimum atomic E-state index is 0.00750. The lowest BCUT2D eigenvalue weighted by Crippen LogP contribution is -2.28. The van der Waals surface area contributed by atoms with Crippen LogP contribution in [-0.4, -0.2) is 0 Å². The number of aryl methyl sites for hydroxylation is 2. The highest BCUT2D eigenvalue weighted by Crippen LogP contribution is 2.30. The highest BCUT2D eigenvalue weighted by molar-refractivity contribution is 7.10. The zero-order valence-electron chi connectivity index (χ0n) is 9.83. The fourth-order valence-electron chi connectivity index (χ4n) is 1.79. The van der Waals surface area contributed by atoms with E-state index in [9.17, 15) is 0 Å². The molecule has 0 saturated heterocycles. The first-order chi connectivity index (χ1) is 8.13. The van der Waals surface area contributed by atoms with Gasteiger partial charge in [0.2, 0.25) is 0 Å². The Labute approximate surface area is 110 Å². The molecule has 1 heterocycles. The van der Waals surface area contributed by atoms with Crippen molar-refractivity contribution in [2.45, 2.75) is 19.9 Å². The predicted molar refractivity (Wildman–Crippen MR) is 74.4 cm³/mol. The van der Waals surface area contributed by atoms with Gasteiger partial charge in [0, 0.05) is 9.90 Å². The van der Waals surface area contributed by atoms with Gasteiger partial charge in [0.1, 0.15) is 0 Å². The lowest BCUT2D eigenvalue weighted by Gasteiger charge is -2.17. The summed E-state index contributed by atoms with van der Waals surface area (Å²) in [6.07, 6.45) is 0. The summed E-state index contributed by atoms with van der Waals surface area (Å²) in [5.41, 5.74) is 6.27. The Hall–Kier alpha value is -0.870. The van der Waals surface area contributed by atoms with Crippen molar-refractivity contribution in [1.29, 1.82) is 0 Å². The van der Waals surface area contributed by atoms with E-state index in [2.05, 4.69) is 29.9 Å². The van der Waals surface area contributed by atoms with Crippen molar-refractivity contribution < 1.29 is 0 Å². The van der Waals surface area contributed by atoms with Gasteiger partial charge in [0.25, 0.3) is 0 Å². The zero-order chi connectivity index (χ0) is 12.4. The monoisotopic (exact) mass is 266 g/mol. The van der Waals surface area contributed by atoms with E-state index >= 15 is 0 Å². The molecule has 3 N–H and O–H groups in total. The number of benzene rings is 1. The van der Waals surface area contributed by atoms with Gasteiger partial charge in [0.05, 0.1) is 6.04 Å². The Kier molecular flexibility index (Phi) is 3.84. The van der Waals surface area contributed by atoms with Crippen LogP contribution in [0.25, 0.3) is 0 Å². The number of hydrogen-bond acceptors (Lipinski definition) is 3. The number of hydrogen-bond donors (Lipinski definition) is 2. The van der Waals surface area contributed by atoms with Crippen molar-refractivity contribution in [2.75, 3.05) is 0 Å². The van der Waals surface area contributed by atoms with Crippen LogP contribution in [0.1, 0.15) is 27.6 Å². The summed E-state index contributed by atoms with van der Waals surface area (Å²) >= 11 is 7.85. The van der Waals surface area contributed by atoms with Gasteiger partial charge >= 0.3 is 0 Å². The summed E-state index contributed by atoms with van der Waals surface area (Å²) in [6, 6.07) is 8.16. The van der Waals surface area contributed by atoms with Crippen LogP contribution >= 0.6 is 22.9 Å². The molecule has 2 nitrogen and oxygen atoms in total. The second kappa shape index (κ2) is 5.19. The highest BCUT2D eigenvalue weighted by atomic mass is 35.5. The maximum atomic E-state index is 6.15. The Morgan fingerprint density at radius 2 is 2.00 bits per heavy atom. The Morgan fingerprint density at radius 1 is 1.24 bits per heavy atom. The quantitative estimate of drug-likeness (QED) is 0.658. The molecule has 2 rings (SSSR count). The van der Waals surface area contributed by atoms with Gasteiger partial charge in [-0.05, 0) is 48.1 Å². The Balaban J connectivity index is 2.42. The number of rotatable bonds is 3. The van der Waals surface area contributed by atoms with Gasteiger partial charge in [-0.2, -0.15) is 0 Å². The molecule has 0 spiro atoms. The molecule has 1 atom stereocenters. The van der Waals surface area contributed by atoms with Crippen LogP contribution in [0.5, 0.6) is 0 Å². The summed E-state index contributed by atoms with van der Waals surface area (Å²) in [5.74, 6) is 5.67. The molecule has 0 aliphatic rings. The first-order valence-corrected chi connectivity index (χ1v) is 6.65. The molecule has 2 aromatic rings. The van der Waals surface area contributed by atoms with Gasteiger partial charge in [-0.3, -0.25) is 5.84 Å². The van der Waals surface area contributed by atoms with Gasteiger partial charge in [-0.25, -0.2) is 5.43 Å². The molecule has 1 aromatic heterocycles. The van der Waals surface area contributed by atoms with Crippen LogP contribution in [-0.2, 0) is 0 Å². The molecule has 90 valence electrons. The molecule has 4 heteroatoms. The summed E-state index contributed by atoms with van der Waals surface area (Å²) in [5, 5.41) is 2.85. The van der Waals surface area contributed by atoms with Gasteiger partial charge < -0.3 is 0 Å². The minimum absolute atomic E-state index is 0.00750. The molecule has 0 aliphatic carbocycles. The van der Waals surface area contributed by atoms with E-state index < -0.39 is 0 Å². The van der Waals surface area contributed by atoms with E-state index in [1.54, 1.807) is 11.3 Å². The van der Waals surface area contributed by atoms with Crippen molar-refractivity contribution in [3.63, 3.8) is 0 Å². The molecule has 0 aliphatic heterocycles. The molecular weight excluding hydrogens is 252 g/mol. The standard InChI is InChI=1S/C13H15ClN2S/c1-8-3-4-10(7-11(8)14)12(16-15)13-9(2)5-6-17-13/h3-7,12,16H,15H2,1-2H3. The molecule has 0 radical (unpaired) electrons. The highest BCUT2D eigenvalue weighted by Gasteiger charge is 2.16. The first kappa shape index (κ1) is 12.6. The van der Waals surface area contributed by atoms with E-state index in [1.165, 1.54) is 10.4 Å². The third-order valence-electron chi connectivity index (χ3n) is 2.86. The number of hydrazine groups is 1. The number of thiophene rings is 1. The van der Waals surface area contributed by atoms with Gasteiger partial charge in [0.15, 0.2) is 0 Å². The van der Waals surface area contributed by atoms with Crippen molar-refractivity contribution in [3.05, 3.63) is 56.2 Å². The largest absolute Gasteiger partial charge is 0.271 e. The third-order valence-corrected chi connectivity index (χ3v) is 4.35. The van der Waals surface area contributed by atoms with E-state index in [0.29, 0.717) is 0 Å². The average Bonchev–Trinajstić information content (AvgIpc) is 2.71. The number of halogens is 1. The SMILES string of the molecule is Cc1ccc(C(NN)c2sccc2C)cc1Cl. The molecule has 17 heavy (non-hydrogen) atoms. The molecule has 0 amide bonds. The molecule has 0 fully saturated rings. The smallest absolute Gasteiger partial charge is 0.0805 e. The predicted octanol–water partition coefficient (Wildman–Crippen LogP) is 3.57. The normalized spacial score (nSPS) is 12.7. The second-order valence-electron chi connectivity index (χ2n) is 4.08. The van der Waals surface area contributed by atoms with Gasteiger partial charge in [-0.15, -0.1) is 11.3 Å². The van der Waals surface area contributed by atoms with E-state index in [0.717, 1.165) is 16.1 Å². The molecule has 0 bridgehead atoms. The molecule has 1 aromatic carbocycles. The molecule has 1 unspecified atom stereocenters. The van der Waals surface area contributed by atoms with E-state index in [4.69, 9.17) is 17.4 Å². The summed E-state index contributed by atoms with van der Waals surface area (Å²) in [6.45, 7) is 4.08. The van der Waals surface area contributed by atoms with Crippen LogP contribution in [0.15, 0.2) is 29.6 Å². The Bertz CT molecular complexity index is 522. The number of nitrogens with two attached hydrogens (primary N) is 1. The summed E-state index contributed by atoms with van der Waals surface area (Å²) < 4.78 is 0. The minimum Gasteiger partial charge on any atom is -0.271 e. The van der Waals surface area contributed by atoms with Crippen LogP contribution in [0.4, 0.5) is 0 Å². The zero-order valence-corrected chi connectivity index (χ0v) is 11.4. The lowest BCUT2D eigenvalue weighted by molar-refractivity contribution is 0.644. The Morgan fingerprint density at radius 3 is 2.53 bits per heavy atom. The molecular formula is C13H15ClN2S. The maximum absolute atomic E-state index is 6.15. The first-order valence-electron chi connectivity index (χ1n) is 5.39. The summed E-state index contributed by atoms with van der Waals surface area (Å²) in [7, 11) is 0. The van der Waals surface area contributed by atoms with Crippen LogP contribution in [0.3, 0.4) is 0 Å². The van der Waals surface area contributed by atoms with Crippen molar-refractivity contribution in [3.8, 4) is 0 Å².